The van der Waals surface area contributed by atoms with Crippen LogP contribution in [0.4, 0.5) is 0 Å². The van der Waals surface area contributed by atoms with Crippen LogP contribution in [0, 0.1) is 0 Å². The van der Waals surface area contributed by atoms with Crippen LogP contribution in [0.2, 0.25) is 0 Å². The maximum atomic E-state index is 11.3. The molecule has 0 spiro atoms. The van der Waals surface area contributed by atoms with Crippen molar-refractivity contribution in [3.8, 4) is 0 Å². The largest absolute Gasteiger partial charge is 0.463 e. The highest BCUT2D eigenvalue weighted by Gasteiger charge is 2.14. The minimum atomic E-state index is -0.410. The summed E-state index contributed by atoms with van der Waals surface area (Å²) >= 11 is 0. The van der Waals surface area contributed by atoms with Crippen LogP contribution in [0.5, 0.6) is 0 Å². The highest BCUT2D eigenvalue weighted by atomic mass is 16.6. The molecule has 0 aliphatic carbocycles. The van der Waals surface area contributed by atoms with Crippen molar-refractivity contribution in [3.63, 3.8) is 0 Å². The van der Waals surface area contributed by atoms with Gasteiger partial charge in [-0.3, -0.25) is 9.59 Å². The van der Waals surface area contributed by atoms with E-state index in [1.54, 1.807) is 0 Å². The fraction of sp³-hybridized carbons (Fsp3) is 0.833. The molecule has 0 aliphatic heterocycles. The Balaban J connectivity index is 3.74. The van der Waals surface area contributed by atoms with Crippen LogP contribution in [-0.2, 0) is 28.5 Å². The predicted octanol–water partition coefficient (Wildman–Crippen LogP) is 0.924. The van der Waals surface area contributed by atoms with Crippen molar-refractivity contribution in [1.82, 2.24) is 0 Å². The molecule has 0 saturated carbocycles. The Morgan fingerprint density at radius 1 is 1.22 bits per heavy atom. The minimum absolute atomic E-state index is 0.188. The molecule has 0 bridgehead atoms. The molecule has 0 amide bonds. The van der Waals surface area contributed by atoms with Gasteiger partial charge in [0.15, 0.2) is 0 Å². The Morgan fingerprint density at radius 3 is 2.50 bits per heavy atom. The minimum Gasteiger partial charge on any atom is -0.463 e. The van der Waals surface area contributed by atoms with Crippen LogP contribution in [0.25, 0.3) is 0 Å². The second kappa shape index (κ2) is 11.0. The van der Waals surface area contributed by atoms with E-state index in [9.17, 15) is 9.59 Å². The SMILES string of the molecule is CCOCCOC(=O)CCC(COC)OC(C)=O. The average Bonchev–Trinajstić information content (AvgIpc) is 2.31. The van der Waals surface area contributed by atoms with E-state index in [0.717, 1.165) is 0 Å². The van der Waals surface area contributed by atoms with Gasteiger partial charge in [-0.15, -0.1) is 0 Å². The van der Waals surface area contributed by atoms with Crippen LogP contribution in [0.3, 0.4) is 0 Å². The summed E-state index contributed by atoms with van der Waals surface area (Å²) in [5, 5.41) is 0. The van der Waals surface area contributed by atoms with E-state index in [1.165, 1.54) is 14.0 Å². The molecule has 0 radical (unpaired) electrons. The summed E-state index contributed by atoms with van der Waals surface area (Å²) in [7, 11) is 1.51. The highest BCUT2D eigenvalue weighted by Crippen LogP contribution is 2.05. The molecule has 1 unspecified atom stereocenters. The van der Waals surface area contributed by atoms with Gasteiger partial charge in [-0.05, 0) is 13.3 Å². The van der Waals surface area contributed by atoms with E-state index >= 15 is 0 Å². The Bertz CT molecular complexity index is 241. The standard InChI is InChI=1S/C12H22O6/c1-4-16-7-8-17-12(14)6-5-11(9-15-3)18-10(2)13/h11H,4-9H2,1-3H3. The summed E-state index contributed by atoms with van der Waals surface area (Å²) in [6.45, 7) is 4.70. The van der Waals surface area contributed by atoms with E-state index < -0.39 is 6.10 Å². The van der Waals surface area contributed by atoms with Gasteiger partial charge in [-0.25, -0.2) is 0 Å². The first kappa shape index (κ1) is 16.9. The second-order valence-corrected chi connectivity index (χ2v) is 3.64. The molecule has 0 rings (SSSR count). The molecule has 6 nitrogen and oxygen atoms in total. The normalized spacial score (nSPS) is 11.9. The lowest BCUT2D eigenvalue weighted by Gasteiger charge is -2.15. The van der Waals surface area contributed by atoms with Crippen LogP contribution < -0.4 is 0 Å². The van der Waals surface area contributed by atoms with Gasteiger partial charge in [-0.2, -0.15) is 0 Å². The molecule has 0 aliphatic rings. The lowest BCUT2D eigenvalue weighted by Crippen LogP contribution is -2.23. The zero-order valence-corrected chi connectivity index (χ0v) is 11.3. The van der Waals surface area contributed by atoms with E-state index in [4.69, 9.17) is 18.9 Å². The summed E-state index contributed by atoms with van der Waals surface area (Å²) < 4.78 is 19.9. The van der Waals surface area contributed by atoms with Crippen molar-refractivity contribution in [1.29, 1.82) is 0 Å². The Morgan fingerprint density at radius 2 is 1.94 bits per heavy atom. The summed E-state index contributed by atoms with van der Waals surface area (Å²) in [4.78, 5) is 22.1. The Kier molecular flexibility index (Phi) is 10.3. The quantitative estimate of drug-likeness (QED) is 0.431. The molecule has 0 aromatic heterocycles. The first-order valence-electron chi connectivity index (χ1n) is 5.99. The maximum absolute atomic E-state index is 11.3. The van der Waals surface area contributed by atoms with Crippen molar-refractivity contribution in [2.75, 3.05) is 33.5 Å². The van der Waals surface area contributed by atoms with Crippen molar-refractivity contribution in [2.24, 2.45) is 0 Å². The molecule has 0 saturated heterocycles. The number of rotatable bonds is 10. The molecule has 0 aromatic rings. The zero-order chi connectivity index (χ0) is 13.8. The number of carbonyl (C=O) groups is 2. The number of methoxy groups -OCH3 is 1. The van der Waals surface area contributed by atoms with Gasteiger partial charge in [0.05, 0.1) is 13.2 Å². The van der Waals surface area contributed by atoms with Crippen molar-refractivity contribution >= 4 is 11.9 Å². The Labute approximate surface area is 108 Å². The first-order chi connectivity index (χ1) is 8.60. The van der Waals surface area contributed by atoms with E-state index in [0.29, 0.717) is 19.6 Å². The van der Waals surface area contributed by atoms with Crippen LogP contribution in [-0.4, -0.2) is 51.6 Å². The molecule has 1 atom stereocenters. The van der Waals surface area contributed by atoms with Crippen LogP contribution in [0.1, 0.15) is 26.7 Å². The topological polar surface area (TPSA) is 71.1 Å². The second-order valence-electron chi connectivity index (χ2n) is 3.64. The van der Waals surface area contributed by atoms with Gasteiger partial charge in [0.25, 0.3) is 0 Å². The number of carbonyl (C=O) groups excluding carboxylic acids is 2. The maximum Gasteiger partial charge on any atom is 0.306 e. The molecule has 0 heterocycles. The van der Waals surface area contributed by atoms with Gasteiger partial charge in [0.2, 0.25) is 0 Å². The number of hydrogen-bond donors (Lipinski definition) is 0. The fourth-order valence-corrected chi connectivity index (χ4v) is 1.31. The molecular weight excluding hydrogens is 240 g/mol. The summed E-state index contributed by atoms with van der Waals surface area (Å²) in [6.07, 6.45) is 0.167. The number of ether oxygens (including phenoxy) is 4. The van der Waals surface area contributed by atoms with Crippen molar-refractivity contribution in [2.45, 2.75) is 32.8 Å². The number of hydrogen-bond acceptors (Lipinski definition) is 6. The monoisotopic (exact) mass is 262 g/mol. The van der Waals surface area contributed by atoms with Crippen molar-refractivity contribution in [3.05, 3.63) is 0 Å². The fourth-order valence-electron chi connectivity index (χ4n) is 1.31. The molecule has 0 aromatic carbocycles. The molecule has 106 valence electrons. The lowest BCUT2D eigenvalue weighted by molar-refractivity contribution is -0.153. The van der Waals surface area contributed by atoms with Gasteiger partial charge in [0.1, 0.15) is 12.7 Å². The Hall–Kier alpha value is -1.14. The zero-order valence-electron chi connectivity index (χ0n) is 11.3. The van der Waals surface area contributed by atoms with Gasteiger partial charge in [-0.1, -0.05) is 0 Å². The smallest absolute Gasteiger partial charge is 0.306 e. The summed E-state index contributed by atoms with van der Waals surface area (Å²) in [6, 6.07) is 0. The lowest BCUT2D eigenvalue weighted by atomic mass is 10.2. The van der Waals surface area contributed by atoms with Gasteiger partial charge < -0.3 is 18.9 Å². The third-order valence-electron chi connectivity index (χ3n) is 2.05. The van der Waals surface area contributed by atoms with Crippen LogP contribution in [0.15, 0.2) is 0 Å². The average molecular weight is 262 g/mol. The molecular formula is C12H22O6. The molecule has 0 N–H and O–H groups in total. The summed E-state index contributed by atoms with van der Waals surface area (Å²) in [5.74, 6) is -0.718. The van der Waals surface area contributed by atoms with E-state index in [1.807, 2.05) is 6.92 Å². The molecule has 6 heteroatoms. The molecule has 18 heavy (non-hydrogen) atoms. The third kappa shape index (κ3) is 10.0. The van der Waals surface area contributed by atoms with E-state index in [-0.39, 0.29) is 31.6 Å². The summed E-state index contributed by atoms with van der Waals surface area (Å²) in [5.41, 5.74) is 0. The van der Waals surface area contributed by atoms with E-state index in [2.05, 4.69) is 0 Å². The first-order valence-corrected chi connectivity index (χ1v) is 5.99. The predicted molar refractivity (Wildman–Crippen MR) is 64.1 cm³/mol. The van der Waals surface area contributed by atoms with Crippen molar-refractivity contribution < 1.29 is 28.5 Å². The third-order valence-corrected chi connectivity index (χ3v) is 2.05. The highest BCUT2D eigenvalue weighted by molar-refractivity contribution is 5.69. The van der Waals surface area contributed by atoms with Gasteiger partial charge >= 0.3 is 11.9 Å². The van der Waals surface area contributed by atoms with Crippen LogP contribution >= 0.6 is 0 Å². The molecule has 0 fully saturated rings. The number of esters is 2. The van der Waals surface area contributed by atoms with Gasteiger partial charge in [0, 0.05) is 27.1 Å².